The first-order valence-corrected chi connectivity index (χ1v) is 5.35. The van der Waals surface area contributed by atoms with Crippen molar-refractivity contribution in [3.8, 4) is 0 Å². The average Bonchev–Trinajstić information content (AvgIpc) is 2.73. The lowest BCUT2D eigenvalue weighted by Crippen LogP contribution is -1.99. The van der Waals surface area contributed by atoms with Crippen LogP contribution in [0.15, 0.2) is 34.6 Å². The number of carboxylic acids is 1. The molecule has 82 valence electrons. The molecule has 0 spiro atoms. The Morgan fingerprint density at radius 3 is 2.94 bits per heavy atom. The van der Waals surface area contributed by atoms with E-state index in [1.54, 1.807) is 12.1 Å². The van der Waals surface area contributed by atoms with Gasteiger partial charge in [0.25, 0.3) is 0 Å². The van der Waals surface area contributed by atoms with Crippen molar-refractivity contribution in [1.82, 2.24) is 15.2 Å². The molecule has 0 amide bonds. The lowest BCUT2D eigenvalue weighted by atomic mass is 10.1. The summed E-state index contributed by atoms with van der Waals surface area (Å²) in [6.45, 7) is 1.86. The lowest BCUT2D eigenvalue weighted by Gasteiger charge is -2.04. The van der Waals surface area contributed by atoms with Crippen molar-refractivity contribution < 1.29 is 9.90 Å². The lowest BCUT2D eigenvalue weighted by molar-refractivity contribution is 0.0693. The van der Waals surface area contributed by atoms with Gasteiger partial charge in [0.05, 0.1) is 5.56 Å². The van der Waals surface area contributed by atoms with Gasteiger partial charge in [-0.25, -0.2) is 9.78 Å². The highest BCUT2D eigenvalue weighted by atomic mass is 32.2. The standard InChI is InChI=1S/C10H9N3O2S/c1-6-2-3-8(7(4-6)9(14)15)16-10-11-5-12-13-10/h2-5H,1H3,(H,14,15)(H,11,12,13). The smallest absolute Gasteiger partial charge is 0.336 e. The van der Waals surface area contributed by atoms with E-state index in [4.69, 9.17) is 5.11 Å². The van der Waals surface area contributed by atoms with Crippen molar-refractivity contribution in [3.63, 3.8) is 0 Å². The molecule has 2 aromatic rings. The van der Waals surface area contributed by atoms with E-state index < -0.39 is 5.97 Å². The molecule has 1 aromatic heterocycles. The number of nitrogens with zero attached hydrogens (tertiary/aromatic N) is 2. The molecule has 2 N–H and O–H groups in total. The molecule has 5 nitrogen and oxygen atoms in total. The summed E-state index contributed by atoms with van der Waals surface area (Å²) in [5.41, 5.74) is 1.20. The van der Waals surface area contributed by atoms with Gasteiger partial charge in [0.15, 0.2) is 5.16 Å². The number of aryl methyl sites for hydroxylation is 1. The largest absolute Gasteiger partial charge is 0.478 e. The number of carbonyl (C=O) groups is 1. The summed E-state index contributed by atoms with van der Waals surface area (Å²) in [5, 5.41) is 16.0. The molecule has 16 heavy (non-hydrogen) atoms. The molecule has 0 unspecified atom stereocenters. The molecule has 0 saturated heterocycles. The van der Waals surface area contributed by atoms with E-state index in [9.17, 15) is 4.79 Å². The first kappa shape index (κ1) is 10.7. The fourth-order valence-electron chi connectivity index (χ4n) is 1.25. The van der Waals surface area contributed by atoms with Crippen LogP contribution in [0.25, 0.3) is 0 Å². The number of aromatic nitrogens is 3. The molecule has 0 radical (unpaired) electrons. The minimum atomic E-state index is -0.939. The van der Waals surface area contributed by atoms with Crippen LogP contribution >= 0.6 is 11.8 Å². The number of hydrogen-bond donors (Lipinski definition) is 2. The van der Waals surface area contributed by atoms with E-state index in [2.05, 4.69) is 15.2 Å². The molecular weight excluding hydrogens is 226 g/mol. The predicted octanol–water partition coefficient (Wildman–Crippen LogP) is 1.96. The number of aromatic carboxylic acids is 1. The van der Waals surface area contributed by atoms with Crippen LogP contribution in [0.5, 0.6) is 0 Å². The van der Waals surface area contributed by atoms with E-state index in [0.717, 1.165) is 5.56 Å². The Balaban J connectivity index is 2.36. The van der Waals surface area contributed by atoms with E-state index in [1.165, 1.54) is 18.1 Å². The molecule has 0 aliphatic rings. The maximum atomic E-state index is 11.0. The predicted molar refractivity (Wildman–Crippen MR) is 58.6 cm³/mol. The van der Waals surface area contributed by atoms with Gasteiger partial charge in [-0.15, -0.1) is 0 Å². The molecule has 0 bridgehead atoms. The van der Waals surface area contributed by atoms with Crippen LogP contribution in [0.1, 0.15) is 15.9 Å². The molecule has 2 rings (SSSR count). The first-order valence-electron chi connectivity index (χ1n) is 4.54. The fourth-order valence-corrected chi connectivity index (χ4v) is 2.05. The van der Waals surface area contributed by atoms with Crippen molar-refractivity contribution >= 4 is 17.7 Å². The minimum Gasteiger partial charge on any atom is -0.478 e. The number of rotatable bonds is 3. The zero-order chi connectivity index (χ0) is 11.5. The van der Waals surface area contributed by atoms with Gasteiger partial charge >= 0.3 is 5.97 Å². The van der Waals surface area contributed by atoms with Crippen molar-refractivity contribution in [2.45, 2.75) is 17.0 Å². The molecule has 0 aliphatic carbocycles. The third-order valence-corrected chi connectivity index (χ3v) is 2.93. The molecule has 0 aliphatic heterocycles. The van der Waals surface area contributed by atoms with Gasteiger partial charge in [0.1, 0.15) is 6.33 Å². The van der Waals surface area contributed by atoms with Gasteiger partial charge in [-0.05, 0) is 30.8 Å². The number of hydrogen-bond acceptors (Lipinski definition) is 4. The Kier molecular flexibility index (Phi) is 2.91. The van der Waals surface area contributed by atoms with Gasteiger partial charge in [0.2, 0.25) is 0 Å². The number of nitrogens with one attached hydrogen (secondary N) is 1. The summed E-state index contributed by atoms with van der Waals surface area (Å²) >= 11 is 1.25. The van der Waals surface area contributed by atoms with Crippen molar-refractivity contribution in [1.29, 1.82) is 0 Å². The Hall–Kier alpha value is -1.82. The second kappa shape index (κ2) is 4.36. The maximum Gasteiger partial charge on any atom is 0.336 e. The van der Waals surface area contributed by atoms with Crippen LogP contribution in [0.3, 0.4) is 0 Å². The monoisotopic (exact) mass is 235 g/mol. The molecule has 1 aromatic carbocycles. The van der Waals surface area contributed by atoms with Crippen LogP contribution in [-0.2, 0) is 0 Å². The zero-order valence-electron chi connectivity index (χ0n) is 8.47. The van der Waals surface area contributed by atoms with Gasteiger partial charge < -0.3 is 5.11 Å². The normalized spacial score (nSPS) is 10.3. The number of carboxylic acid groups (broad SMARTS) is 1. The summed E-state index contributed by atoms with van der Waals surface area (Å²) in [6, 6.07) is 5.28. The quantitative estimate of drug-likeness (QED) is 0.850. The summed E-state index contributed by atoms with van der Waals surface area (Å²) in [7, 11) is 0. The van der Waals surface area contributed by atoms with Crippen LogP contribution in [-0.4, -0.2) is 26.3 Å². The van der Waals surface area contributed by atoms with Gasteiger partial charge in [0, 0.05) is 4.90 Å². The Labute approximate surface area is 95.9 Å². The number of aromatic amines is 1. The average molecular weight is 235 g/mol. The Bertz CT molecular complexity index is 511. The van der Waals surface area contributed by atoms with Crippen molar-refractivity contribution in [3.05, 3.63) is 35.7 Å². The molecule has 0 fully saturated rings. The fraction of sp³-hybridized carbons (Fsp3) is 0.100. The molecule has 6 heteroatoms. The van der Waals surface area contributed by atoms with Crippen LogP contribution in [0.4, 0.5) is 0 Å². The van der Waals surface area contributed by atoms with Crippen molar-refractivity contribution in [2.75, 3.05) is 0 Å². The Morgan fingerprint density at radius 2 is 2.31 bits per heavy atom. The van der Waals surface area contributed by atoms with Crippen LogP contribution in [0.2, 0.25) is 0 Å². The SMILES string of the molecule is Cc1ccc(Sc2ncn[nH]2)c(C(=O)O)c1. The molecule has 0 atom stereocenters. The van der Waals surface area contributed by atoms with E-state index in [1.807, 2.05) is 13.0 Å². The van der Waals surface area contributed by atoms with Crippen LogP contribution in [0, 0.1) is 6.92 Å². The topological polar surface area (TPSA) is 78.9 Å². The highest BCUT2D eigenvalue weighted by molar-refractivity contribution is 7.99. The van der Waals surface area contributed by atoms with Gasteiger partial charge in [-0.3, -0.25) is 5.10 Å². The number of H-pyrrole nitrogens is 1. The Morgan fingerprint density at radius 1 is 1.50 bits per heavy atom. The van der Waals surface area contributed by atoms with Crippen molar-refractivity contribution in [2.24, 2.45) is 0 Å². The minimum absolute atomic E-state index is 0.279. The van der Waals surface area contributed by atoms with E-state index in [-0.39, 0.29) is 5.56 Å². The van der Waals surface area contributed by atoms with Gasteiger partial charge in [-0.1, -0.05) is 11.6 Å². The highest BCUT2D eigenvalue weighted by Crippen LogP contribution is 2.28. The maximum absolute atomic E-state index is 11.0. The summed E-state index contributed by atoms with van der Waals surface area (Å²) < 4.78 is 0. The third-order valence-electron chi connectivity index (χ3n) is 1.97. The van der Waals surface area contributed by atoms with E-state index >= 15 is 0 Å². The van der Waals surface area contributed by atoms with Gasteiger partial charge in [-0.2, -0.15) is 5.10 Å². The number of benzene rings is 1. The molecule has 0 saturated carbocycles. The highest BCUT2D eigenvalue weighted by Gasteiger charge is 2.12. The summed E-state index contributed by atoms with van der Waals surface area (Å²) in [5.74, 6) is -0.939. The third kappa shape index (κ3) is 2.22. The summed E-state index contributed by atoms with van der Waals surface area (Å²) in [4.78, 5) is 15.6. The molecule has 1 heterocycles. The van der Waals surface area contributed by atoms with Crippen LogP contribution < -0.4 is 0 Å². The second-order valence-electron chi connectivity index (χ2n) is 3.20. The molecular formula is C10H9N3O2S. The first-order chi connectivity index (χ1) is 7.66. The zero-order valence-corrected chi connectivity index (χ0v) is 9.28. The summed E-state index contributed by atoms with van der Waals surface area (Å²) in [6.07, 6.45) is 1.39. The second-order valence-corrected chi connectivity index (χ2v) is 4.23. The van der Waals surface area contributed by atoms with E-state index in [0.29, 0.717) is 10.1 Å².